The standard InChI is InChI=1S/C25H24ClNO5/c1-2-13-31-19-11-7-17(8-12-19)23(28)21-22(16-5-9-18(26)10-6-16)27(25(30)24(21)29)15-20-4-3-14-32-20/h2,5-12,20,22,28H,1,3-4,13-15H2/t20-,22+/m1/s1. The fourth-order valence-corrected chi connectivity index (χ4v) is 4.21. The van der Waals surface area contributed by atoms with Gasteiger partial charge in [0.2, 0.25) is 0 Å². The molecule has 7 heteroatoms. The lowest BCUT2D eigenvalue weighted by Gasteiger charge is -2.27. The number of hydrogen-bond donors (Lipinski definition) is 1. The molecule has 4 rings (SSSR count). The van der Waals surface area contributed by atoms with E-state index in [1.807, 2.05) is 0 Å². The first-order chi connectivity index (χ1) is 15.5. The number of aliphatic hydroxyl groups excluding tert-OH is 1. The summed E-state index contributed by atoms with van der Waals surface area (Å²) in [5.74, 6) is -0.983. The Morgan fingerprint density at radius 2 is 1.91 bits per heavy atom. The third kappa shape index (κ3) is 4.42. The first-order valence-electron chi connectivity index (χ1n) is 10.5. The number of ketones is 1. The van der Waals surface area contributed by atoms with Gasteiger partial charge in [-0.15, -0.1) is 0 Å². The van der Waals surface area contributed by atoms with Crippen molar-refractivity contribution in [2.24, 2.45) is 0 Å². The number of Topliss-reactive ketones (excluding diaryl/α,β-unsaturated/α-hetero) is 1. The maximum atomic E-state index is 13.1. The van der Waals surface area contributed by atoms with Gasteiger partial charge in [-0.1, -0.05) is 36.4 Å². The van der Waals surface area contributed by atoms with Crippen LogP contribution in [0.5, 0.6) is 5.75 Å². The number of halogens is 1. The van der Waals surface area contributed by atoms with Crippen LogP contribution in [0.4, 0.5) is 0 Å². The summed E-state index contributed by atoms with van der Waals surface area (Å²) >= 11 is 6.05. The summed E-state index contributed by atoms with van der Waals surface area (Å²) in [5, 5.41) is 11.6. The molecule has 2 heterocycles. The van der Waals surface area contributed by atoms with Crippen molar-refractivity contribution in [3.05, 3.63) is 82.9 Å². The molecule has 2 aromatic carbocycles. The average molecular weight is 454 g/mol. The van der Waals surface area contributed by atoms with Crippen molar-refractivity contribution in [3.63, 3.8) is 0 Å². The average Bonchev–Trinajstić information content (AvgIpc) is 3.41. The number of carbonyl (C=O) groups excluding carboxylic acids is 2. The molecule has 2 aliphatic heterocycles. The van der Waals surface area contributed by atoms with Gasteiger partial charge in [0.25, 0.3) is 11.7 Å². The molecule has 2 fully saturated rings. The molecule has 0 radical (unpaired) electrons. The molecule has 0 spiro atoms. The second kappa shape index (κ2) is 9.59. The molecule has 2 atom stereocenters. The van der Waals surface area contributed by atoms with E-state index < -0.39 is 17.7 Å². The molecule has 2 aliphatic rings. The predicted molar refractivity (Wildman–Crippen MR) is 122 cm³/mol. The predicted octanol–water partition coefficient (Wildman–Crippen LogP) is 4.51. The number of aliphatic hydroxyl groups is 1. The van der Waals surface area contributed by atoms with E-state index in [1.54, 1.807) is 54.6 Å². The molecule has 6 nitrogen and oxygen atoms in total. The molecule has 0 bridgehead atoms. The van der Waals surface area contributed by atoms with Gasteiger partial charge in [-0.25, -0.2) is 0 Å². The highest BCUT2D eigenvalue weighted by atomic mass is 35.5. The Hall–Kier alpha value is -3.09. The summed E-state index contributed by atoms with van der Waals surface area (Å²) in [6.45, 7) is 4.89. The Balaban J connectivity index is 1.74. The number of ether oxygens (including phenoxy) is 2. The SMILES string of the molecule is C=CCOc1ccc(C(O)=C2C(=O)C(=O)N(C[C@H]3CCCO3)[C@H]2c2ccc(Cl)cc2)cc1. The lowest BCUT2D eigenvalue weighted by molar-refractivity contribution is -0.140. The van der Waals surface area contributed by atoms with Crippen molar-refractivity contribution in [2.45, 2.75) is 25.0 Å². The van der Waals surface area contributed by atoms with Crippen LogP contribution in [0.3, 0.4) is 0 Å². The van der Waals surface area contributed by atoms with Crippen LogP contribution < -0.4 is 4.74 Å². The van der Waals surface area contributed by atoms with E-state index in [0.717, 1.165) is 12.8 Å². The maximum absolute atomic E-state index is 13.1. The van der Waals surface area contributed by atoms with Crippen molar-refractivity contribution in [2.75, 3.05) is 19.8 Å². The minimum Gasteiger partial charge on any atom is -0.507 e. The third-order valence-electron chi connectivity index (χ3n) is 5.65. The highest BCUT2D eigenvalue weighted by molar-refractivity contribution is 6.46. The third-order valence-corrected chi connectivity index (χ3v) is 5.90. The summed E-state index contributed by atoms with van der Waals surface area (Å²) in [5.41, 5.74) is 1.17. The summed E-state index contributed by atoms with van der Waals surface area (Å²) < 4.78 is 11.2. The number of amides is 1. The van der Waals surface area contributed by atoms with Crippen molar-refractivity contribution in [1.29, 1.82) is 0 Å². The van der Waals surface area contributed by atoms with Gasteiger partial charge in [-0.05, 0) is 54.8 Å². The molecule has 0 aromatic heterocycles. The zero-order chi connectivity index (χ0) is 22.7. The van der Waals surface area contributed by atoms with Crippen LogP contribution >= 0.6 is 11.6 Å². The number of rotatable bonds is 7. The van der Waals surface area contributed by atoms with E-state index in [1.165, 1.54) is 4.90 Å². The van der Waals surface area contributed by atoms with E-state index in [-0.39, 0.29) is 24.0 Å². The van der Waals surface area contributed by atoms with E-state index in [0.29, 0.717) is 35.1 Å². The number of hydrogen-bond acceptors (Lipinski definition) is 5. The van der Waals surface area contributed by atoms with Gasteiger partial charge in [-0.2, -0.15) is 0 Å². The van der Waals surface area contributed by atoms with Crippen LogP contribution in [-0.2, 0) is 14.3 Å². The highest BCUT2D eigenvalue weighted by Crippen LogP contribution is 2.40. The van der Waals surface area contributed by atoms with E-state index >= 15 is 0 Å². The summed E-state index contributed by atoms with van der Waals surface area (Å²) in [4.78, 5) is 27.5. The quantitative estimate of drug-likeness (QED) is 0.289. The highest BCUT2D eigenvalue weighted by Gasteiger charge is 2.47. The second-order valence-corrected chi connectivity index (χ2v) is 8.20. The van der Waals surface area contributed by atoms with Crippen molar-refractivity contribution >= 4 is 29.1 Å². The fourth-order valence-electron chi connectivity index (χ4n) is 4.09. The number of carbonyl (C=O) groups is 2. The second-order valence-electron chi connectivity index (χ2n) is 7.76. The maximum Gasteiger partial charge on any atom is 0.295 e. The first kappa shape index (κ1) is 22.1. The zero-order valence-electron chi connectivity index (χ0n) is 17.5. The van der Waals surface area contributed by atoms with Crippen molar-refractivity contribution < 1.29 is 24.2 Å². The van der Waals surface area contributed by atoms with E-state index in [2.05, 4.69) is 6.58 Å². The molecular formula is C25H24ClNO5. The van der Waals surface area contributed by atoms with Gasteiger partial charge in [0.1, 0.15) is 18.1 Å². The molecule has 32 heavy (non-hydrogen) atoms. The van der Waals surface area contributed by atoms with Gasteiger partial charge in [-0.3, -0.25) is 9.59 Å². The molecule has 0 aliphatic carbocycles. The molecule has 1 amide bonds. The lowest BCUT2D eigenvalue weighted by Crippen LogP contribution is -2.36. The number of nitrogens with zero attached hydrogens (tertiary/aromatic N) is 1. The van der Waals surface area contributed by atoms with Crippen molar-refractivity contribution in [1.82, 2.24) is 4.90 Å². The summed E-state index contributed by atoms with van der Waals surface area (Å²) in [6, 6.07) is 12.9. The Bertz CT molecular complexity index is 1040. The van der Waals surface area contributed by atoms with Gasteiger partial charge in [0.15, 0.2) is 0 Å². The Morgan fingerprint density at radius 1 is 1.19 bits per heavy atom. The van der Waals surface area contributed by atoms with Crippen LogP contribution in [-0.4, -0.2) is 47.6 Å². The van der Waals surface area contributed by atoms with Gasteiger partial charge in [0.05, 0.1) is 17.7 Å². The Morgan fingerprint density at radius 3 is 2.53 bits per heavy atom. The van der Waals surface area contributed by atoms with Crippen LogP contribution in [0.25, 0.3) is 5.76 Å². The van der Waals surface area contributed by atoms with Crippen LogP contribution in [0.2, 0.25) is 5.02 Å². The number of benzene rings is 2. The van der Waals surface area contributed by atoms with Crippen molar-refractivity contribution in [3.8, 4) is 5.75 Å². The molecule has 0 saturated carbocycles. The molecule has 2 aromatic rings. The summed E-state index contributed by atoms with van der Waals surface area (Å²) in [6.07, 6.45) is 3.24. The minimum absolute atomic E-state index is 0.0510. The van der Waals surface area contributed by atoms with Crippen LogP contribution in [0.15, 0.2) is 66.8 Å². The lowest BCUT2D eigenvalue weighted by atomic mass is 9.95. The van der Waals surface area contributed by atoms with Crippen LogP contribution in [0.1, 0.15) is 30.0 Å². The Labute approximate surface area is 191 Å². The molecule has 0 unspecified atom stereocenters. The monoisotopic (exact) mass is 453 g/mol. The van der Waals surface area contributed by atoms with E-state index in [4.69, 9.17) is 21.1 Å². The largest absolute Gasteiger partial charge is 0.507 e. The summed E-state index contributed by atoms with van der Waals surface area (Å²) in [7, 11) is 0. The number of likely N-dealkylation sites (tertiary alicyclic amines) is 1. The normalized spacial score (nSPS) is 22.3. The van der Waals surface area contributed by atoms with E-state index in [9.17, 15) is 14.7 Å². The topological polar surface area (TPSA) is 76.1 Å². The molecular weight excluding hydrogens is 430 g/mol. The Kier molecular flexibility index (Phi) is 6.63. The fraction of sp³-hybridized carbons (Fsp3) is 0.280. The first-order valence-corrected chi connectivity index (χ1v) is 10.9. The van der Waals surface area contributed by atoms with Crippen LogP contribution in [0, 0.1) is 0 Å². The zero-order valence-corrected chi connectivity index (χ0v) is 18.3. The smallest absolute Gasteiger partial charge is 0.295 e. The van der Waals surface area contributed by atoms with Gasteiger partial charge < -0.3 is 19.5 Å². The van der Waals surface area contributed by atoms with Gasteiger partial charge in [0, 0.05) is 23.7 Å². The molecule has 2 saturated heterocycles. The molecule has 1 N–H and O–H groups in total. The van der Waals surface area contributed by atoms with Gasteiger partial charge >= 0.3 is 0 Å². The molecule has 166 valence electrons. The minimum atomic E-state index is -0.729.